The molecule has 0 fully saturated rings. The number of hydrogen-bond donors (Lipinski definition) is 4. The van der Waals surface area contributed by atoms with Gasteiger partial charge in [-0.3, -0.25) is 19.9 Å². The fourth-order valence-corrected chi connectivity index (χ4v) is 4.45. The van der Waals surface area contributed by atoms with Crippen LogP contribution in [0.3, 0.4) is 0 Å². The molecule has 0 aliphatic carbocycles. The van der Waals surface area contributed by atoms with Crippen LogP contribution in [0.25, 0.3) is 0 Å². The third-order valence-electron chi connectivity index (χ3n) is 6.45. The van der Waals surface area contributed by atoms with Crippen LogP contribution >= 0.6 is 11.6 Å². The van der Waals surface area contributed by atoms with Gasteiger partial charge in [0, 0.05) is 18.5 Å². The molecule has 3 amide bonds. The molecule has 0 bridgehead atoms. The number of hydrogen-bond acceptors (Lipinski definition) is 8. The lowest BCUT2D eigenvalue weighted by Crippen LogP contribution is -2.54. The van der Waals surface area contributed by atoms with Crippen LogP contribution in [0.5, 0.6) is 0 Å². The first-order valence-electron chi connectivity index (χ1n) is 14.4. The van der Waals surface area contributed by atoms with Crippen molar-refractivity contribution < 1.29 is 34.9 Å². The van der Waals surface area contributed by atoms with Crippen LogP contribution in [0.2, 0.25) is 1.41 Å². The average Bonchev–Trinajstić information content (AvgIpc) is 3.47. The number of esters is 1. The Bertz CT molecular complexity index is 1490. The Kier molecular flexibility index (Phi) is 11.2. The molecule has 0 radical (unpaired) electrons. The number of anilines is 1. The van der Waals surface area contributed by atoms with E-state index in [0.717, 1.165) is 0 Å². The van der Waals surface area contributed by atoms with E-state index >= 15 is 0 Å². The number of carbonyl (C=O) groups is 4. The summed E-state index contributed by atoms with van der Waals surface area (Å²) in [6.45, 7) is 1.83. The largest absolute Gasteiger partial charge is 0.462 e. The van der Waals surface area contributed by atoms with Crippen molar-refractivity contribution in [1.82, 2.24) is 16.1 Å². The Morgan fingerprint density at radius 3 is 2.18 bits per heavy atom. The highest BCUT2D eigenvalue weighted by Crippen LogP contribution is 2.17. The van der Waals surface area contributed by atoms with Gasteiger partial charge in [0.15, 0.2) is 1.41 Å². The number of amides is 3. The Balaban J connectivity index is 1.51. The highest BCUT2D eigenvalue weighted by molar-refractivity contribution is 6.29. The number of ether oxygens (including phenoxy) is 2. The van der Waals surface area contributed by atoms with Crippen molar-refractivity contribution in [3.05, 3.63) is 113 Å². The minimum absolute atomic E-state index is 0.0204. The zero-order valence-corrected chi connectivity index (χ0v) is 24.7. The second kappa shape index (κ2) is 16.1. The number of halogens is 1. The molecule has 44 heavy (non-hydrogen) atoms. The fraction of sp³-hybridized carbons (Fsp3) is 0.250. The summed E-state index contributed by atoms with van der Waals surface area (Å²) in [4.78, 5) is 57.5. The molecule has 0 saturated heterocycles. The first-order chi connectivity index (χ1) is 21.7. The van der Waals surface area contributed by atoms with Gasteiger partial charge in [-0.1, -0.05) is 72.3 Å². The van der Waals surface area contributed by atoms with Crippen LogP contribution in [0.1, 0.15) is 34.8 Å². The quantitative estimate of drug-likeness (QED) is 0.164. The standard InChI is InChI=1S/C32H33ClN4O7/c1-2-42-31(40)23-13-15-24(16-14-23)34-29(38)27(18-25-19-28(33)37-44-25)35-30(39)26(17-21-9-5-3-6-10-21)36-32(41)43-20-22-11-7-4-8-12-22/h3-16,19,25-27,37H,2,17-18,20H2,1H3,(H,34,38)(H,35,39)(H,36,41)/t25?,26-,27-/m0/s1/i/hD. The number of hydroxylamine groups is 1. The summed E-state index contributed by atoms with van der Waals surface area (Å²) >= 11 is 5.98. The van der Waals surface area contributed by atoms with Crippen LogP contribution in [-0.2, 0) is 36.9 Å². The van der Waals surface area contributed by atoms with Gasteiger partial charge in [0.05, 0.1) is 12.2 Å². The fourth-order valence-electron chi connectivity index (χ4n) is 4.26. The van der Waals surface area contributed by atoms with Crippen molar-refractivity contribution >= 4 is 41.2 Å². The molecule has 1 unspecified atom stereocenters. The maximum atomic E-state index is 13.7. The van der Waals surface area contributed by atoms with Crippen molar-refractivity contribution in [3.63, 3.8) is 0 Å². The van der Waals surface area contributed by atoms with Crippen molar-refractivity contribution in [2.45, 2.75) is 44.6 Å². The van der Waals surface area contributed by atoms with E-state index in [9.17, 15) is 19.2 Å². The summed E-state index contributed by atoms with van der Waals surface area (Å²) in [5.74, 6) is -1.86. The molecular formula is C32H33ClN4O7. The topological polar surface area (TPSA) is 144 Å². The molecule has 1 heterocycles. The molecule has 11 nitrogen and oxygen atoms in total. The van der Waals surface area contributed by atoms with Crippen LogP contribution in [0.15, 0.2) is 96.2 Å². The van der Waals surface area contributed by atoms with E-state index in [2.05, 4.69) is 16.1 Å². The summed E-state index contributed by atoms with van der Waals surface area (Å²) in [6, 6.07) is 21.3. The highest BCUT2D eigenvalue weighted by atomic mass is 35.5. The third-order valence-corrected chi connectivity index (χ3v) is 6.65. The van der Waals surface area contributed by atoms with E-state index in [4.69, 9.17) is 27.3 Å². The van der Waals surface area contributed by atoms with Gasteiger partial charge in [-0.15, -0.1) is 0 Å². The molecule has 4 N–H and O–H groups in total. The van der Waals surface area contributed by atoms with Gasteiger partial charge in [0.2, 0.25) is 11.8 Å². The minimum atomic E-state index is -1.35. The Hall–Kier alpha value is -4.87. The van der Waals surface area contributed by atoms with E-state index in [1.54, 1.807) is 67.6 Å². The normalized spacial score (nSPS) is 15.5. The lowest BCUT2D eigenvalue weighted by Gasteiger charge is -2.24. The Morgan fingerprint density at radius 1 is 0.909 bits per heavy atom. The van der Waals surface area contributed by atoms with E-state index in [1.165, 1.54) is 24.3 Å². The molecule has 3 aromatic carbocycles. The monoisotopic (exact) mass is 621 g/mol. The summed E-state index contributed by atoms with van der Waals surface area (Å²) < 4.78 is 18.8. The van der Waals surface area contributed by atoms with Crippen molar-refractivity contribution in [3.8, 4) is 0 Å². The van der Waals surface area contributed by atoms with E-state index in [0.29, 0.717) is 27.7 Å². The Morgan fingerprint density at radius 2 is 1.57 bits per heavy atom. The number of carbonyl (C=O) groups excluding carboxylic acids is 4. The third kappa shape index (κ3) is 9.85. The lowest BCUT2D eigenvalue weighted by molar-refractivity contribution is -0.128. The van der Waals surface area contributed by atoms with Crippen molar-refractivity contribution in [1.29, 1.82) is 0 Å². The van der Waals surface area contributed by atoms with E-state index in [1.807, 2.05) is 6.07 Å². The summed E-state index contributed by atoms with van der Waals surface area (Å²) in [5.41, 5.74) is 4.57. The van der Waals surface area contributed by atoms with Gasteiger partial charge in [-0.05, 0) is 48.4 Å². The molecule has 4 rings (SSSR count). The molecule has 1 aliphatic rings. The predicted octanol–water partition coefficient (Wildman–Crippen LogP) is 4.20. The SMILES string of the molecule is [2H]N(C(=O)OCc1ccccc1)[C@@H](Cc1ccccc1)C(=O)N[C@@H](CC1C=C(Cl)NO1)C(=O)Nc1ccc(C(=O)OCC)cc1. The van der Waals surface area contributed by atoms with Gasteiger partial charge in [-0.2, -0.15) is 0 Å². The molecule has 1 aliphatic heterocycles. The number of rotatable bonds is 13. The second-order valence-corrected chi connectivity index (χ2v) is 10.1. The second-order valence-electron chi connectivity index (χ2n) is 9.73. The molecule has 12 heteroatoms. The Labute approximate surface area is 261 Å². The molecular weight excluding hydrogens is 588 g/mol. The molecule has 0 aromatic heterocycles. The maximum absolute atomic E-state index is 13.7. The summed E-state index contributed by atoms with van der Waals surface area (Å²) in [5, 5.41) is 6.10. The number of benzene rings is 3. The zero-order valence-electron chi connectivity index (χ0n) is 24.9. The summed E-state index contributed by atoms with van der Waals surface area (Å²) in [6.07, 6.45) is -0.212. The van der Waals surface area contributed by atoms with E-state index in [-0.39, 0.29) is 31.2 Å². The zero-order chi connectivity index (χ0) is 32.2. The van der Waals surface area contributed by atoms with Gasteiger partial charge in [0.1, 0.15) is 30.0 Å². The van der Waals surface area contributed by atoms with Crippen LogP contribution in [0, 0.1) is 0 Å². The van der Waals surface area contributed by atoms with E-state index < -0.39 is 42.1 Å². The van der Waals surface area contributed by atoms with Crippen LogP contribution in [-0.4, -0.2) is 48.7 Å². The lowest BCUT2D eigenvalue weighted by atomic mass is 10.0. The molecule has 0 saturated carbocycles. The van der Waals surface area contributed by atoms with Crippen molar-refractivity contribution in [2.75, 3.05) is 11.9 Å². The van der Waals surface area contributed by atoms with Crippen molar-refractivity contribution in [2.24, 2.45) is 0 Å². The molecule has 0 spiro atoms. The first-order valence-corrected chi connectivity index (χ1v) is 14.3. The smallest absolute Gasteiger partial charge is 0.408 e. The van der Waals surface area contributed by atoms with Gasteiger partial charge >= 0.3 is 12.1 Å². The molecule has 3 atom stereocenters. The van der Waals surface area contributed by atoms with Gasteiger partial charge in [-0.25, -0.2) is 9.59 Å². The molecule has 230 valence electrons. The first kappa shape index (κ1) is 30.6. The van der Waals surface area contributed by atoms with Gasteiger partial charge < -0.3 is 25.4 Å². The number of nitrogens with one attached hydrogen (secondary N) is 4. The minimum Gasteiger partial charge on any atom is -0.462 e. The summed E-state index contributed by atoms with van der Waals surface area (Å²) in [7, 11) is 0. The predicted molar refractivity (Wildman–Crippen MR) is 163 cm³/mol. The molecule has 3 aromatic rings. The van der Waals surface area contributed by atoms with Gasteiger partial charge in [0.25, 0.3) is 0 Å². The number of alkyl carbamates (subject to hydrolysis) is 1. The van der Waals surface area contributed by atoms with Crippen LogP contribution < -0.4 is 21.4 Å². The maximum Gasteiger partial charge on any atom is 0.408 e. The average molecular weight is 622 g/mol. The highest BCUT2D eigenvalue weighted by Gasteiger charge is 2.31. The van der Waals surface area contributed by atoms with Crippen LogP contribution in [0.4, 0.5) is 10.5 Å².